The Morgan fingerprint density at radius 2 is 2.24 bits per heavy atom. The van der Waals surface area contributed by atoms with Crippen LogP contribution < -0.4 is 10.6 Å². The monoisotopic (exact) mass is 325 g/mol. The summed E-state index contributed by atoms with van der Waals surface area (Å²) in [6.07, 6.45) is 3.03. The standard InChI is InChI=1S/C13H15N3O3S2/c1-15(2)16-12(19)10-7-4-3-5-8(7)21-11(10)14-13(16)20-6-9(17)18/h3-6H2,1-2H3,(H,17,18). The molecule has 0 aromatic carbocycles. The van der Waals surface area contributed by atoms with Crippen molar-refractivity contribution in [2.45, 2.75) is 24.4 Å². The number of rotatable bonds is 4. The van der Waals surface area contributed by atoms with E-state index in [9.17, 15) is 9.59 Å². The first kappa shape index (κ1) is 14.4. The van der Waals surface area contributed by atoms with Gasteiger partial charge in [-0.1, -0.05) is 11.8 Å². The van der Waals surface area contributed by atoms with Crippen LogP contribution in [0.1, 0.15) is 16.9 Å². The lowest BCUT2D eigenvalue weighted by Crippen LogP contribution is -2.38. The first-order valence-corrected chi connectivity index (χ1v) is 8.38. The molecule has 0 saturated heterocycles. The number of nitrogens with zero attached hydrogens (tertiary/aromatic N) is 3. The molecular weight excluding hydrogens is 310 g/mol. The molecule has 0 unspecified atom stereocenters. The van der Waals surface area contributed by atoms with Gasteiger partial charge in [0.05, 0.1) is 11.1 Å². The molecule has 0 bridgehead atoms. The molecule has 6 nitrogen and oxygen atoms in total. The van der Waals surface area contributed by atoms with Crippen molar-refractivity contribution in [3.8, 4) is 0 Å². The second kappa shape index (κ2) is 5.34. The molecule has 21 heavy (non-hydrogen) atoms. The Kier molecular flexibility index (Phi) is 3.66. The molecule has 0 atom stereocenters. The summed E-state index contributed by atoms with van der Waals surface area (Å²) in [6, 6.07) is 0. The van der Waals surface area contributed by atoms with Gasteiger partial charge in [-0.25, -0.2) is 4.98 Å². The maximum absolute atomic E-state index is 12.8. The molecule has 0 amide bonds. The molecule has 1 aliphatic carbocycles. The number of thiophene rings is 1. The molecule has 1 aliphatic rings. The Balaban J connectivity index is 2.21. The van der Waals surface area contributed by atoms with Crippen molar-refractivity contribution in [2.24, 2.45) is 0 Å². The van der Waals surface area contributed by atoms with E-state index >= 15 is 0 Å². The Morgan fingerprint density at radius 3 is 2.90 bits per heavy atom. The van der Waals surface area contributed by atoms with E-state index < -0.39 is 5.97 Å². The number of fused-ring (bicyclic) bond motifs is 3. The summed E-state index contributed by atoms with van der Waals surface area (Å²) in [6.45, 7) is 0. The SMILES string of the molecule is CN(C)n1c(SCC(=O)O)nc2sc3c(c2c1=O)CCC3. The number of hydrogen-bond donors (Lipinski definition) is 1. The first-order valence-electron chi connectivity index (χ1n) is 6.58. The minimum Gasteiger partial charge on any atom is -0.481 e. The molecule has 112 valence electrons. The number of thioether (sulfide) groups is 1. The summed E-state index contributed by atoms with van der Waals surface area (Å²) < 4.78 is 1.46. The van der Waals surface area contributed by atoms with E-state index in [1.54, 1.807) is 30.4 Å². The number of carbonyl (C=O) groups is 1. The van der Waals surface area contributed by atoms with E-state index in [-0.39, 0.29) is 11.3 Å². The minimum atomic E-state index is -0.923. The molecule has 8 heteroatoms. The lowest BCUT2D eigenvalue weighted by molar-refractivity contribution is -0.133. The molecule has 0 aliphatic heterocycles. The average Bonchev–Trinajstić information content (AvgIpc) is 2.95. The van der Waals surface area contributed by atoms with Crippen LogP contribution in [0.3, 0.4) is 0 Å². The fourth-order valence-electron chi connectivity index (χ4n) is 2.59. The highest BCUT2D eigenvalue weighted by atomic mass is 32.2. The molecule has 0 radical (unpaired) electrons. The van der Waals surface area contributed by atoms with Gasteiger partial charge in [0.25, 0.3) is 5.56 Å². The van der Waals surface area contributed by atoms with Gasteiger partial charge in [0.15, 0.2) is 5.16 Å². The van der Waals surface area contributed by atoms with Crippen molar-refractivity contribution in [2.75, 3.05) is 24.9 Å². The summed E-state index contributed by atoms with van der Waals surface area (Å²) in [5, 5.41) is 11.6. The van der Waals surface area contributed by atoms with E-state index in [2.05, 4.69) is 4.98 Å². The van der Waals surface area contributed by atoms with Crippen LogP contribution in [-0.4, -0.2) is 40.6 Å². The van der Waals surface area contributed by atoms with Gasteiger partial charge in [0.2, 0.25) is 0 Å². The summed E-state index contributed by atoms with van der Waals surface area (Å²) in [5.41, 5.74) is 1.04. The third-order valence-corrected chi connectivity index (χ3v) is 5.51. The number of carboxylic acid groups (broad SMARTS) is 1. The predicted molar refractivity (Wildman–Crippen MR) is 84.3 cm³/mol. The lowest BCUT2D eigenvalue weighted by Gasteiger charge is -2.19. The number of aromatic nitrogens is 2. The number of hydrogen-bond acceptors (Lipinski definition) is 6. The zero-order chi connectivity index (χ0) is 15.1. The maximum Gasteiger partial charge on any atom is 0.313 e. The van der Waals surface area contributed by atoms with Crippen LogP contribution in [-0.2, 0) is 17.6 Å². The number of aryl methyl sites for hydroxylation is 2. The molecule has 0 spiro atoms. The van der Waals surface area contributed by atoms with E-state index in [1.165, 1.54) is 9.55 Å². The van der Waals surface area contributed by atoms with Gasteiger partial charge < -0.3 is 10.1 Å². The lowest BCUT2D eigenvalue weighted by atomic mass is 10.2. The topological polar surface area (TPSA) is 75.4 Å². The maximum atomic E-state index is 12.8. The summed E-state index contributed by atoms with van der Waals surface area (Å²) >= 11 is 2.64. The second-order valence-corrected chi connectivity index (χ2v) is 7.10. The molecule has 1 N–H and O–H groups in total. The molecule has 0 saturated carbocycles. The summed E-state index contributed by atoms with van der Waals surface area (Å²) in [7, 11) is 3.51. The molecular formula is C13H15N3O3S2. The summed E-state index contributed by atoms with van der Waals surface area (Å²) in [4.78, 5) is 30.1. The average molecular weight is 325 g/mol. The highest BCUT2D eigenvalue weighted by Crippen LogP contribution is 2.35. The van der Waals surface area contributed by atoms with Crippen LogP contribution >= 0.6 is 23.1 Å². The van der Waals surface area contributed by atoms with Gasteiger partial charge in [0, 0.05) is 19.0 Å². The Hall–Kier alpha value is -1.54. The quantitative estimate of drug-likeness (QED) is 0.675. The molecule has 3 rings (SSSR count). The van der Waals surface area contributed by atoms with Crippen molar-refractivity contribution in [1.82, 2.24) is 9.66 Å². The van der Waals surface area contributed by atoms with E-state index in [4.69, 9.17) is 5.11 Å². The van der Waals surface area contributed by atoms with E-state index in [0.717, 1.165) is 41.4 Å². The van der Waals surface area contributed by atoms with Gasteiger partial charge in [-0.3, -0.25) is 9.59 Å². The normalized spacial score (nSPS) is 13.6. The van der Waals surface area contributed by atoms with E-state index in [0.29, 0.717) is 10.5 Å². The fourth-order valence-corrected chi connectivity index (χ4v) is 4.68. The van der Waals surface area contributed by atoms with Crippen LogP contribution in [0.25, 0.3) is 10.2 Å². The smallest absolute Gasteiger partial charge is 0.313 e. The van der Waals surface area contributed by atoms with Gasteiger partial charge in [-0.15, -0.1) is 11.3 Å². The molecule has 2 heterocycles. The van der Waals surface area contributed by atoms with Gasteiger partial charge >= 0.3 is 5.97 Å². The first-order chi connectivity index (χ1) is 9.99. The van der Waals surface area contributed by atoms with Crippen LogP contribution in [0, 0.1) is 0 Å². The number of carboxylic acids is 1. The Labute approximate surface area is 129 Å². The predicted octanol–water partition coefficient (Wildman–Crippen LogP) is 1.32. The second-order valence-electron chi connectivity index (χ2n) is 5.08. The highest BCUT2D eigenvalue weighted by molar-refractivity contribution is 7.99. The number of aliphatic carboxylic acids is 1. The summed E-state index contributed by atoms with van der Waals surface area (Å²) in [5.74, 6) is -1.04. The third-order valence-electron chi connectivity index (χ3n) is 3.41. The molecule has 2 aromatic heterocycles. The van der Waals surface area contributed by atoms with Crippen LogP contribution in [0.5, 0.6) is 0 Å². The molecule has 2 aromatic rings. The zero-order valence-corrected chi connectivity index (χ0v) is 13.4. The van der Waals surface area contributed by atoms with E-state index in [1.807, 2.05) is 0 Å². The van der Waals surface area contributed by atoms with Crippen molar-refractivity contribution in [3.63, 3.8) is 0 Å². The third kappa shape index (κ3) is 2.42. The van der Waals surface area contributed by atoms with Gasteiger partial charge in [-0.2, -0.15) is 4.68 Å². The Bertz CT molecular complexity index is 779. The highest BCUT2D eigenvalue weighted by Gasteiger charge is 2.24. The van der Waals surface area contributed by atoms with Crippen molar-refractivity contribution >= 4 is 39.3 Å². The molecule has 0 fully saturated rings. The van der Waals surface area contributed by atoms with Crippen LogP contribution in [0.15, 0.2) is 9.95 Å². The fraction of sp³-hybridized carbons (Fsp3) is 0.462. The zero-order valence-electron chi connectivity index (χ0n) is 11.8. The van der Waals surface area contributed by atoms with Gasteiger partial charge in [0.1, 0.15) is 4.83 Å². The van der Waals surface area contributed by atoms with Crippen LogP contribution in [0.2, 0.25) is 0 Å². The van der Waals surface area contributed by atoms with Crippen LogP contribution in [0.4, 0.5) is 0 Å². The van der Waals surface area contributed by atoms with Crippen molar-refractivity contribution < 1.29 is 9.90 Å². The largest absolute Gasteiger partial charge is 0.481 e. The minimum absolute atomic E-state index is 0.0997. The van der Waals surface area contributed by atoms with Crippen molar-refractivity contribution in [1.29, 1.82) is 0 Å². The van der Waals surface area contributed by atoms with Crippen molar-refractivity contribution in [3.05, 3.63) is 20.8 Å². The van der Waals surface area contributed by atoms with Gasteiger partial charge in [-0.05, 0) is 24.8 Å². The Morgan fingerprint density at radius 1 is 1.48 bits per heavy atom.